The molecule has 7 aromatic carbocycles. The van der Waals surface area contributed by atoms with Crippen molar-refractivity contribution < 1.29 is 0 Å². The lowest BCUT2D eigenvalue weighted by molar-refractivity contribution is 1.11. The number of nitrogens with zero attached hydrogens (tertiary/aromatic N) is 3. The molecule has 1 spiro atoms. The Hall–Kier alpha value is -6.36. The molecule has 0 atom stereocenters. The van der Waals surface area contributed by atoms with Crippen LogP contribution < -0.4 is 20.7 Å². The van der Waals surface area contributed by atoms with Gasteiger partial charge in [0.15, 0.2) is 13.9 Å². The van der Waals surface area contributed by atoms with E-state index in [1.165, 1.54) is 54.1 Å². The van der Waals surface area contributed by atoms with Crippen LogP contribution >= 0.6 is 0 Å². The van der Waals surface area contributed by atoms with E-state index in [1.54, 1.807) is 0 Å². The number of benzene rings is 7. The molecule has 2 aliphatic heterocycles. The topological polar surface area (TPSA) is 30.7 Å². The van der Waals surface area contributed by atoms with Gasteiger partial charge in [-0.1, -0.05) is 146 Å². The lowest BCUT2D eigenvalue weighted by atomic mass is 10.0. The Bertz CT molecular complexity index is 2770. The summed E-state index contributed by atoms with van der Waals surface area (Å²) in [5, 5.41) is 8.10. The average molecular weight is 652 g/mol. The molecule has 0 saturated heterocycles. The maximum absolute atomic E-state index is 5.35. The normalized spacial score (nSPS) is 13.4. The van der Waals surface area contributed by atoms with E-state index < -0.39 is 8.07 Å². The van der Waals surface area contributed by atoms with E-state index >= 15 is 0 Å². The fraction of sp³-hybridized carbons (Fsp3) is 0. The van der Waals surface area contributed by atoms with Gasteiger partial charge in [0.1, 0.15) is 5.65 Å². The molecule has 0 aliphatic carbocycles. The number of hydrogen-bond acceptors (Lipinski definition) is 2. The van der Waals surface area contributed by atoms with Gasteiger partial charge in [0, 0.05) is 28.2 Å². The van der Waals surface area contributed by atoms with Gasteiger partial charge in [0.05, 0.1) is 5.52 Å². The highest BCUT2D eigenvalue weighted by Gasteiger charge is 2.53. The van der Waals surface area contributed by atoms with Crippen molar-refractivity contribution in [3.8, 4) is 50.5 Å². The molecule has 4 heteroatoms. The van der Waals surface area contributed by atoms with E-state index in [-0.39, 0.29) is 0 Å². The van der Waals surface area contributed by atoms with Crippen LogP contribution in [0.25, 0.3) is 72.4 Å². The standard InChI is InChI=1S/C46H29N3Si/c1-2-12-30(13-3-1)31-22-25-33(26-23-31)49-40-18-8-4-14-34(40)39-29-47-45(48-46(39)49)32-24-27-44-38(28-32)37-17-7-11-21-43(37)50(44)41-19-9-5-15-35(41)36-16-6-10-20-42(36)50/h1-29H. The zero-order valence-corrected chi connectivity index (χ0v) is 28.1. The summed E-state index contributed by atoms with van der Waals surface area (Å²) in [6.07, 6.45) is 2.01. The predicted octanol–water partition coefficient (Wildman–Crippen LogP) is 8.25. The fourth-order valence-electron chi connectivity index (χ4n) is 8.82. The lowest BCUT2D eigenvalue weighted by Gasteiger charge is -2.27. The molecular formula is C46H29N3Si. The molecule has 9 aromatic rings. The third-order valence-electron chi connectivity index (χ3n) is 10.9. The maximum atomic E-state index is 5.35. The highest BCUT2D eigenvalue weighted by Crippen LogP contribution is 2.38. The van der Waals surface area contributed by atoms with Crippen LogP contribution in [0.4, 0.5) is 0 Å². The Balaban J connectivity index is 1.10. The van der Waals surface area contributed by atoms with E-state index in [2.05, 4.69) is 174 Å². The molecular weight excluding hydrogens is 623 g/mol. The molecule has 2 aliphatic rings. The number of fused-ring (bicyclic) bond motifs is 13. The second-order valence-corrected chi connectivity index (χ2v) is 17.0. The van der Waals surface area contributed by atoms with Crippen molar-refractivity contribution in [3.63, 3.8) is 0 Å². The monoisotopic (exact) mass is 651 g/mol. The van der Waals surface area contributed by atoms with Gasteiger partial charge in [0.2, 0.25) is 0 Å². The molecule has 0 unspecified atom stereocenters. The first-order chi connectivity index (χ1) is 24.8. The summed E-state index contributed by atoms with van der Waals surface area (Å²) in [4.78, 5) is 10.4. The van der Waals surface area contributed by atoms with Crippen molar-refractivity contribution >= 4 is 50.8 Å². The maximum Gasteiger partial charge on any atom is 0.182 e. The molecule has 11 rings (SSSR count). The third-order valence-corrected chi connectivity index (χ3v) is 15.9. The molecule has 232 valence electrons. The number of aromatic nitrogens is 3. The minimum absolute atomic E-state index is 0.734. The summed E-state index contributed by atoms with van der Waals surface area (Å²) >= 11 is 0. The summed E-state index contributed by atoms with van der Waals surface area (Å²) in [5.41, 5.74) is 11.9. The second-order valence-electron chi connectivity index (χ2n) is 13.3. The Morgan fingerprint density at radius 3 is 1.66 bits per heavy atom. The van der Waals surface area contributed by atoms with E-state index in [1.807, 2.05) is 6.20 Å². The Morgan fingerprint density at radius 2 is 0.960 bits per heavy atom. The molecule has 0 N–H and O–H groups in total. The minimum atomic E-state index is -2.47. The van der Waals surface area contributed by atoms with Gasteiger partial charge in [-0.15, -0.1) is 0 Å². The largest absolute Gasteiger partial charge is 0.294 e. The molecule has 0 fully saturated rings. The molecule has 0 amide bonds. The van der Waals surface area contributed by atoms with Gasteiger partial charge < -0.3 is 0 Å². The summed E-state index contributed by atoms with van der Waals surface area (Å²) < 4.78 is 2.28. The van der Waals surface area contributed by atoms with Crippen LogP contribution in [0.1, 0.15) is 0 Å². The third kappa shape index (κ3) is 3.63. The molecule has 0 saturated carbocycles. The fourth-order valence-corrected chi connectivity index (χ4v) is 14.4. The first-order valence-corrected chi connectivity index (χ1v) is 19.2. The summed E-state index contributed by atoms with van der Waals surface area (Å²) in [7, 11) is -2.47. The van der Waals surface area contributed by atoms with Gasteiger partial charge in [-0.3, -0.25) is 4.57 Å². The molecule has 0 bridgehead atoms. The van der Waals surface area contributed by atoms with E-state index in [0.717, 1.165) is 39.0 Å². The second kappa shape index (κ2) is 10.3. The Kier molecular flexibility index (Phi) is 5.69. The number of rotatable bonds is 3. The summed E-state index contributed by atoms with van der Waals surface area (Å²) in [6.45, 7) is 0. The van der Waals surface area contributed by atoms with Crippen molar-refractivity contribution in [2.24, 2.45) is 0 Å². The number of hydrogen-bond donors (Lipinski definition) is 0. The van der Waals surface area contributed by atoms with Crippen LogP contribution in [-0.4, -0.2) is 22.6 Å². The van der Waals surface area contributed by atoms with Gasteiger partial charge in [-0.05, 0) is 78.4 Å². The average Bonchev–Trinajstić information content (AvgIpc) is 3.80. The van der Waals surface area contributed by atoms with E-state index in [9.17, 15) is 0 Å². The van der Waals surface area contributed by atoms with Crippen molar-refractivity contribution in [1.29, 1.82) is 0 Å². The summed E-state index contributed by atoms with van der Waals surface area (Å²) in [5.74, 6) is 0.734. The Morgan fingerprint density at radius 1 is 0.420 bits per heavy atom. The van der Waals surface area contributed by atoms with Crippen LogP contribution in [0.15, 0.2) is 176 Å². The molecule has 2 aromatic heterocycles. The molecule has 3 nitrogen and oxygen atoms in total. The van der Waals surface area contributed by atoms with Gasteiger partial charge in [-0.25, -0.2) is 9.97 Å². The van der Waals surface area contributed by atoms with Gasteiger partial charge in [-0.2, -0.15) is 0 Å². The van der Waals surface area contributed by atoms with Crippen LogP contribution in [0.2, 0.25) is 0 Å². The highest BCUT2D eigenvalue weighted by molar-refractivity contribution is 7.24. The first-order valence-electron chi connectivity index (χ1n) is 17.2. The van der Waals surface area contributed by atoms with Crippen LogP contribution in [0, 0.1) is 0 Å². The van der Waals surface area contributed by atoms with Crippen molar-refractivity contribution in [2.75, 3.05) is 0 Å². The first kappa shape index (κ1) is 27.6. The van der Waals surface area contributed by atoms with E-state index in [4.69, 9.17) is 9.97 Å². The van der Waals surface area contributed by atoms with Crippen molar-refractivity contribution in [2.45, 2.75) is 0 Å². The molecule has 50 heavy (non-hydrogen) atoms. The quantitative estimate of drug-likeness (QED) is 0.180. The van der Waals surface area contributed by atoms with Crippen molar-refractivity contribution in [1.82, 2.24) is 14.5 Å². The summed E-state index contributed by atoms with van der Waals surface area (Å²) in [6, 6.07) is 62.1. The number of para-hydroxylation sites is 1. The zero-order valence-electron chi connectivity index (χ0n) is 27.1. The zero-order chi connectivity index (χ0) is 32.8. The molecule has 0 radical (unpaired) electrons. The Labute approximate surface area is 290 Å². The van der Waals surface area contributed by atoms with E-state index in [0.29, 0.717) is 0 Å². The van der Waals surface area contributed by atoms with Crippen LogP contribution in [0.5, 0.6) is 0 Å². The molecule has 4 heterocycles. The van der Waals surface area contributed by atoms with Crippen LogP contribution in [0.3, 0.4) is 0 Å². The van der Waals surface area contributed by atoms with Crippen LogP contribution in [-0.2, 0) is 0 Å². The van der Waals surface area contributed by atoms with Crippen molar-refractivity contribution in [3.05, 3.63) is 176 Å². The minimum Gasteiger partial charge on any atom is -0.294 e. The lowest BCUT2D eigenvalue weighted by Crippen LogP contribution is -2.70. The highest BCUT2D eigenvalue weighted by atomic mass is 28.3. The van der Waals surface area contributed by atoms with Gasteiger partial charge >= 0.3 is 0 Å². The predicted molar refractivity (Wildman–Crippen MR) is 209 cm³/mol. The SMILES string of the molecule is c1ccc(-c2ccc(-n3c4ccccc4c4cnc(-c5ccc6c(c5)-c5ccccc5[Si]65c6ccccc6-c6ccccc65)nc43)cc2)cc1. The smallest absolute Gasteiger partial charge is 0.182 e. The van der Waals surface area contributed by atoms with Gasteiger partial charge in [0.25, 0.3) is 0 Å².